The Hall–Kier alpha value is -1.79. The Bertz CT molecular complexity index is 896. The van der Waals surface area contributed by atoms with Crippen LogP contribution in [0.3, 0.4) is 0 Å². The van der Waals surface area contributed by atoms with Crippen molar-refractivity contribution in [2.75, 3.05) is 19.5 Å². The monoisotopic (exact) mass is 443 g/mol. The van der Waals surface area contributed by atoms with E-state index in [9.17, 15) is 19.5 Å². The normalized spacial score (nSPS) is 25.9. The molecule has 0 bridgehead atoms. The predicted octanol–water partition coefficient (Wildman–Crippen LogP) is -3.78. The Morgan fingerprint density at radius 3 is 2.83 bits per heavy atom. The van der Waals surface area contributed by atoms with E-state index in [0.29, 0.717) is 24.4 Å². The number of aliphatic carboxylic acids is 1. The van der Waals surface area contributed by atoms with Gasteiger partial charge in [0, 0.05) is 12.4 Å². The molecule has 2 fully saturated rings. The van der Waals surface area contributed by atoms with Gasteiger partial charge in [0.25, 0.3) is 11.8 Å². The van der Waals surface area contributed by atoms with Gasteiger partial charge in [0.1, 0.15) is 18.5 Å². The minimum absolute atomic E-state index is 0. The molecule has 10 nitrogen and oxygen atoms in total. The quantitative estimate of drug-likeness (QED) is 0.205. The van der Waals surface area contributed by atoms with E-state index in [1.807, 2.05) is 0 Å². The molecule has 0 aromatic carbocycles. The van der Waals surface area contributed by atoms with E-state index < -0.39 is 29.2 Å². The zero-order chi connectivity index (χ0) is 20.5. The maximum Gasteiger partial charge on any atom is 1.00 e. The predicted molar refractivity (Wildman–Crippen MR) is 98.3 cm³/mol. The molecule has 1 aromatic rings. The van der Waals surface area contributed by atoms with Crippen molar-refractivity contribution in [3.63, 3.8) is 0 Å². The van der Waals surface area contributed by atoms with Crippen LogP contribution in [0, 0.1) is 0 Å². The number of carboxylic acids is 1. The number of carbonyl (C=O) groups is 3. The summed E-state index contributed by atoms with van der Waals surface area (Å²) in [5.41, 5.74) is 0.285. The third kappa shape index (κ3) is 4.04. The van der Waals surface area contributed by atoms with Gasteiger partial charge in [-0.2, -0.15) is 0 Å². The standard InChI is InChI=1S/C18H19N3O7S.Na/c1-26-20-12(11-5-3-7-28-11)15(22)19-13-16(23)21-14(18(24)25)9(8-29-17(13)21)10-4-2-6-27-10;/h3,5,7,10,13,17H,2,4,6,8H2,1H3,(H,19,22)(H,24,25);/q;+1/p-1/b20-12-;/t10-,13+,17+;/m0./s1. The summed E-state index contributed by atoms with van der Waals surface area (Å²) in [4.78, 5) is 43.0. The van der Waals surface area contributed by atoms with Crippen LogP contribution in [-0.4, -0.2) is 65.4 Å². The second-order valence-electron chi connectivity index (χ2n) is 6.62. The summed E-state index contributed by atoms with van der Waals surface area (Å²) in [5, 5.41) is 17.5. The first-order chi connectivity index (χ1) is 14.0. The smallest absolute Gasteiger partial charge is 0.543 e. The molecule has 4 rings (SSSR count). The largest absolute Gasteiger partial charge is 1.00 e. The SMILES string of the molecule is CO/N=C(\C(=O)N[C@@H]1C(=O)N2C(C(=O)[O-])=C([C@@H]3CCCO3)CS[C@H]12)c1ccco1.[Na+]. The van der Waals surface area contributed by atoms with Gasteiger partial charge in [-0.05, 0) is 30.5 Å². The number of carboxylic acid groups (broad SMARTS) is 1. The van der Waals surface area contributed by atoms with Gasteiger partial charge < -0.3 is 29.2 Å². The Balaban J connectivity index is 0.00000256. The number of carbonyl (C=O) groups excluding carboxylic acids is 3. The van der Waals surface area contributed by atoms with Gasteiger partial charge in [0.05, 0.1) is 24.0 Å². The molecule has 3 aliphatic rings. The fourth-order valence-corrected chi connectivity index (χ4v) is 5.05. The van der Waals surface area contributed by atoms with E-state index in [2.05, 4.69) is 10.5 Å². The van der Waals surface area contributed by atoms with Crippen LogP contribution in [0.1, 0.15) is 18.6 Å². The molecular weight excluding hydrogens is 425 g/mol. The first-order valence-electron chi connectivity index (χ1n) is 8.99. The number of hydrogen-bond acceptors (Lipinski definition) is 9. The molecule has 3 atom stereocenters. The third-order valence-corrected chi connectivity index (χ3v) is 6.25. The van der Waals surface area contributed by atoms with Gasteiger partial charge in [0.15, 0.2) is 5.76 Å². The second kappa shape index (κ2) is 9.56. The number of nitrogens with zero attached hydrogens (tertiary/aromatic N) is 2. The van der Waals surface area contributed by atoms with Crippen LogP contribution in [0.15, 0.2) is 39.2 Å². The van der Waals surface area contributed by atoms with Crippen molar-refractivity contribution in [3.05, 3.63) is 35.4 Å². The number of thioether (sulfide) groups is 1. The number of β-lactam (4-membered cyclic amide) rings is 1. The molecule has 12 heteroatoms. The summed E-state index contributed by atoms with van der Waals surface area (Å²) in [6.07, 6.45) is 2.60. The van der Waals surface area contributed by atoms with E-state index >= 15 is 0 Å². The molecule has 0 saturated carbocycles. The molecule has 1 N–H and O–H groups in total. The van der Waals surface area contributed by atoms with Crippen molar-refractivity contribution in [1.82, 2.24) is 10.2 Å². The average molecular weight is 443 g/mol. The van der Waals surface area contributed by atoms with Crippen molar-refractivity contribution in [1.29, 1.82) is 0 Å². The van der Waals surface area contributed by atoms with Gasteiger partial charge in [-0.15, -0.1) is 11.8 Å². The van der Waals surface area contributed by atoms with Crippen LogP contribution in [0.4, 0.5) is 0 Å². The molecule has 1 aromatic heterocycles. The number of furan rings is 1. The van der Waals surface area contributed by atoms with E-state index in [0.717, 1.165) is 6.42 Å². The van der Waals surface area contributed by atoms with Gasteiger partial charge in [-0.25, -0.2) is 0 Å². The fourth-order valence-electron chi connectivity index (χ4n) is 3.64. The van der Waals surface area contributed by atoms with Crippen molar-refractivity contribution in [2.45, 2.75) is 30.4 Å². The molecular formula is C18H18N3NaO7S. The molecule has 0 aliphatic carbocycles. The molecule has 0 unspecified atom stereocenters. The van der Waals surface area contributed by atoms with Crippen LogP contribution in [0.5, 0.6) is 0 Å². The Kier molecular flexibility index (Phi) is 7.30. The Labute approximate surface area is 198 Å². The molecule has 0 radical (unpaired) electrons. The summed E-state index contributed by atoms with van der Waals surface area (Å²) in [6, 6.07) is 2.22. The minimum Gasteiger partial charge on any atom is -0.543 e. The van der Waals surface area contributed by atoms with Crippen LogP contribution >= 0.6 is 11.8 Å². The molecule has 2 amide bonds. The molecule has 4 heterocycles. The zero-order valence-corrected chi connectivity index (χ0v) is 19.3. The minimum atomic E-state index is -1.42. The number of ether oxygens (including phenoxy) is 1. The molecule has 154 valence electrons. The molecule has 3 aliphatic heterocycles. The summed E-state index contributed by atoms with van der Waals surface area (Å²) < 4.78 is 10.8. The van der Waals surface area contributed by atoms with Crippen LogP contribution < -0.4 is 40.0 Å². The maximum absolute atomic E-state index is 12.7. The van der Waals surface area contributed by atoms with E-state index in [-0.39, 0.29) is 52.8 Å². The Morgan fingerprint density at radius 1 is 1.43 bits per heavy atom. The van der Waals surface area contributed by atoms with Gasteiger partial charge in [-0.1, -0.05) is 5.16 Å². The first-order valence-corrected chi connectivity index (χ1v) is 10.0. The van der Waals surface area contributed by atoms with Gasteiger partial charge in [0.2, 0.25) is 5.71 Å². The topological polar surface area (TPSA) is 134 Å². The van der Waals surface area contributed by atoms with Crippen molar-refractivity contribution in [3.8, 4) is 0 Å². The van der Waals surface area contributed by atoms with Crippen LogP contribution in [0.2, 0.25) is 0 Å². The van der Waals surface area contributed by atoms with Crippen LogP contribution in [0.25, 0.3) is 0 Å². The number of fused-ring (bicyclic) bond motifs is 1. The first kappa shape index (κ1) is 22.9. The Morgan fingerprint density at radius 2 is 2.23 bits per heavy atom. The van der Waals surface area contributed by atoms with E-state index in [1.54, 1.807) is 6.07 Å². The summed E-state index contributed by atoms with van der Waals surface area (Å²) in [5.74, 6) is -2.05. The second-order valence-corrected chi connectivity index (χ2v) is 7.73. The molecule has 2 saturated heterocycles. The van der Waals surface area contributed by atoms with Gasteiger partial charge in [-0.3, -0.25) is 14.5 Å². The van der Waals surface area contributed by atoms with E-state index in [1.165, 1.54) is 36.1 Å². The summed E-state index contributed by atoms with van der Waals surface area (Å²) in [7, 11) is 1.28. The van der Waals surface area contributed by atoms with Crippen LogP contribution in [-0.2, 0) is 24.0 Å². The number of amides is 2. The number of rotatable bonds is 6. The summed E-state index contributed by atoms with van der Waals surface area (Å²) in [6.45, 7) is 0.559. The fraction of sp³-hybridized carbons (Fsp3) is 0.444. The van der Waals surface area contributed by atoms with E-state index in [4.69, 9.17) is 14.0 Å². The third-order valence-electron chi connectivity index (χ3n) is 4.95. The van der Waals surface area contributed by atoms with Crippen molar-refractivity contribution < 1.29 is 63.0 Å². The molecule has 0 spiro atoms. The number of nitrogens with one attached hydrogen (secondary N) is 1. The molecule has 30 heavy (non-hydrogen) atoms. The average Bonchev–Trinajstić information content (AvgIpc) is 3.42. The number of hydrogen-bond donors (Lipinski definition) is 1. The maximum atomic E-state index is 12.7. The zero-order valence-electron chi connectivity index (χ0n) is 16.5. The summed E-state index contributed by atoms with van der Waals surface area (Å²) >= 11 is 1.37. The number of oxime groups is 1. The van der Waals surface area contributed by atoms with Gasteiger partial charge >= 0.3 is 29.6 Å². The van der Waals surface area contributed by atoms with Crippen molar-refractivity contribution >= 4 is 35.3 Å². The van der Waals surface area contributed by atoms with Crippen molar-refractivity contribution in [2.24, 2.45) is 5.16 Å².